The van der Waals surface area contributed by atoms with Crippen molar-refractivity contribution in [3.8, 4) is 0 Å². The monoisotopic (exact) mass is 366 g/mol. The molecule has 0 bridgehead atoms. The first kappa shape index (κ1) is 14.6. The van der Waals surface area contributed by atoms with Crippen LogP contribution in [0.4, 0.5) is 5.69 Å². The first-order chi connectivity index (χ1) is 10.1. The highest BCUT2D eigenvalue weighted by Gasteiger charge is 2.18. The molecule has 0 amide bonds. The van der Waals surface area contributed by atoms with Crippen molar-refractivity contribution in [2.24, 2.45) is 0 Å². The molecular formula is C15H15BrN2O2S. The van der Waals surface area contributed by atoms with E-state index in [9.17, 15) is 8.42 Å². The van der Waals surface area contributed by atoms with E-state index >= 15 is 0 Å². The molecule has 1 aliphatic heterocycles. The van der Waals surface area contributed by atoms with Gasteiger partial charge in [0, 0.05) is 16.7 Å². The van der Waals surface area contributed by atoms with Crippen molar-refractivity contribution in [2.45, 2.75) is 17.9 Å². The summed E-state index contributed by atoms with van der Waals surface area (Å²) in [6, 6.07) is 12.5. The Morgan fingerprint density at radius 2 is 1.90 bits per heavy atom. The molecule has 0 saturated heterocycles. The molecule has 1 heterocycles. The number of benzene rings is 2. The second-order valence-electron chi connectivity index (χ2n) is 4.95. The van der Waals surface area contributed by atoms with Gasteiger partial charge in [0.15, 0.2) is 0 Å². The van der Waals surface area contributed by atoms with Gasteiger partial charge < -0.3 is 5.32 Å². The Kier molecular flexibility index (Phi) is 4.01. The number of halogens is 1. The maximum Gasteiger partial charge on any atom is 0.263 e. The van der Waals surface area contributed by atoms with Crippen LogP contribution < -0.4 is 10.0 Å². The lowest BCUT2D eigenvalue weighted by molar-refractivity contribution is 0.600. The van der Waals surface area contributed by atoms with Crippen LogP contribution in [-0.2, 0) is 23.0 Å². The maximum absolute atomic E-state index is 12.4. The van der Waals surface area contributed by atoms with Crippen molar-refractivity contribution >= 4 is 31.6 Å². The summed E-state index contributed by atoms with van der Waals surface area (Å²) in [5.74, 6) is 0. The molecule has 0 unspecified atom stereocenters. The zero-order valence-electron chi connectivity index (χ0n) is 11.3. The van der Waals surface area contributed by atoms with Crippen LogP contribution in [0, 0.1) is 0 Å². The molecule has 0 aromatic heterocycles. The molecule has 0 saturated carbocycles. The number of nitrogens with one attached hydrogen (secondary N) is 2. The molecule has 3 rings (SSSR count). The summed E-state index contributed by atoms with van der Waals surface area (Å²) in [5, 5.41) is 3.29. The molecular weight excluding hydrogens is 352 g/mol. The lowest BCUT2D eigenvalue weighted by Crippen LogP contribution is -2.23. The van der Waals surface area contributed by atoms with Crippen LogP contribution in [0.15, 0.2) is 51.8 Å². The van der Waals surface area contributed by atoms with Gasteiger partial charge in [-0.25, -0.2) is 8.42 Å². The second kappa shape index (κ2) is 5.79. The lowest BCUT2D eigenvalue weighted by Gasteiger charge is -2.18. The van der Waals surface area contributed by atoms with Crippen LogP contribution in [0.5, 0.6) is 0 Å². The van der Waals surface area contributed by atoms with Crippen molar-refractivity contribution in [2.75, 3.05) is 11.3 Å². The average Bonchev–Trinajstić information content (AvgIpc) is 2.47. The summed E-state index contributed by atoms with van der Waals surface area (Å²) >= 11 is 3.28. The topological polar surface area (TPSA) is 58.2 Å². The minimum absolute atomic E-state index is 0.237. The molecule has 21 heavy (non-hydrogen) atoms. The number of rotatable bonds is 3. The molecule has 2 N–H and O–H groups in total. The fourth-order valence-electron chi connectivity index (χ4n) is 2.42. The molecule has 2 aromatic carbocycles. The van der Waals surface area contributed by atoms with Crippen molar-refractivity contribution in [1.82, 2.24) is 5.32 Å². The summed E-state index contributed by atoms with van der Waals surface area (Å²) in [6.45, 7) is 1.75. The first-order valence-electron chi connectivity index (χ1n) is 6.66. The minimum Gasteiger partial charge on any atom is -0.312 e. The van der Waals surface area contributed by atoms with Gasteiger partial charge in [-0.05, 0) is 64.3 Å². The van der Waals surface area contributed by atoms with Gasteiger partial charge in [-0.15, -0.1) is 0 Å². The quantitative estimate of drug-likeness (QED) is 0.877. The van der Waals surface area contributed by atoms with Crippen molar-refractivity contribution < 1.29 is 8.42 Å². The summed E-state index contributed by atoms with van der Waals surface area (Å²) in [5.41, 5.74) is 3.01. The van der Waals surface area contributed by atoms with Crippen LogP contribution in [-0.4, -0.2) is 15.0 Å². The van der Waals surface area contributed by atoms with Crippen LogP contribution in [0.25, 0.3) is 0 Å². The van der Waals surface area contributed by atoms with Crippen LogP contribution in [0.2, 0.25) is 0 Å². The van der Waals surface area contributed by atoms with Crippen molar-refractivity contribution in [3.05, 3.63) is 58.1 Å². The molecule has 0 aliphatic carbocycles. The molecule has 0 spiro atoms. The maximum atomic E-state index is 12.4. The van der Waals surface area contributed by atoms with Crippen molar-refractivity contribution in [3.63, 3.8) is 0 Å². The predicted molar refractivity (Wildman–Crippen MR) is 86.8 cm³/mol. The Balaban J connectivity index is 1.91. The van der Waals surface area contributed by atoms with Gasteiger partial charge in [0.05, 0.1) is 0 Å². The number of hydrogen-bond donors (Lipinski definition) is 2. The number of fused-ring (bicyclic) bond motifs is 1. The van der Waals surface area contributed by atoms with E-state index in [2.05, 4.69) is 26.0 Å². The average molecular weight is 367 g/mol. The molecule has 1 aliphatic rings. The molecule has 2 aromatic rings. The number of sulfonamides is 1. The van der Waals surface area contributed by atoms with Crippen LogP contribution in [0.3, 0.4) is 0 Å². The first-order valence-corrected chi connectivity index (χ1v) is 8.94. The molecule has 0 radical (unpaired) electrons. The summed E-state index contributed by atoms with van der Waals surface area (Å²) < 4.78 is 28.1. The van der Waals surface area contributed by atoms with E-state index < -0.39 is 10.0 Å². The zero-order valence-corrected chi connectivity index (χ0v) is 13.7. The Morgan fingerprint density at radius 1 is 1.10 bits per heavy atom. The van der Waals surface area contributed by atoms with Crippen LogP contribution in [0.1, 0.15) is 11.1 Å². The predicted octanol–water partition coefficient (Wildman–Crippen LogP) is 2.90. The third-order valence-electron chi connectivity index (χ3n) is 3.47. The van der Waals surface area contributed by atoms with E-state index in [-0.39, 0.29) is 4.90 Å². The Hall–Kier alpha value is -1.37. The third-order valence-corrected chi connectivity index (χ3v) is 5.86. The SMILES string of the molecule is O=S(=O)(Nc1ccc2c(c1)CNCC2)c1ccccc1Br. The van der Waals surface area contributed by atoms with E-state index in [1.165, 1.54) is 5.56 Å². The van der Waals surface area contributed by atoms with Crippen molar-refractivity contribution in [1.29, 1.82) is 0 Å². The fourth-order valence-corrected chi connectivity index (χ4v) is 4.47. The van der Waals surface area contributed by atoms with Gasteiger partial charge in [-0.1, -0.05) is 18.2 Å². The number of anilines is 1. The van der Waals surface area contributed by atoms with Gasteiger partial charge in [-0.2, -0.15) is 0 Å². The largest absolute Gasteiger partial charge is 0.312 e. The highest BCUT2D eigenvalue weighted by molar-refractivity contribution is 9.10. The van der Waals surface area contributed by atoms with Gasteiger partial charge in [0.25, 0.3) is 10.0 Å². The smallest absolute Gasteiger partial charge is 0.263 e. The third kappa shape index (κ3) is 3.12. The normalized spacial score (nSPS) is 14.5. The Bertz CT molecular complexity index is 775. The zero-order chi connectivity index (χ0) is 14.9. The van der Waals surface area contributed by atoms with Gasteiger partial charge in [0.1, 0.15) is 4.90 Å². The molecule has 110 valence electrons. The molecule has 0 fully saturated rings. The molecule has 0 atom stereocenters. The van der Waals surface area contributed by atoms with Gasteiger partial charge >= 0.3 is 0 Å². The standard InChI is InChI=1S/C15H15BrN2O2S/c16-14-3-1-2-4-15(14)21(19,20)18-13-6-5-11-7-8-17-10-12(11)9-13/h1-6,9,17-18H,7-8,10H2. The van der Waals surface area contributed by atoms with E-state index in [0.29, 0.717) is 10.2 Å². The highest BCUT2D eigenvalue weighted by Crippen LogP contribution is 2.25. The van der Waals surface area contributed by atoms with Gasteiger partial charge in [-0.3, -0.25) is 4.72 Å². The van der Waals surface area contributed by atoms with E-state index in [4.69, 9.17) is 0 Å². The van der Waals surface area contributed by atoms with E-state index in [1.807, 2.05) is 18.2 Å². The number of hydrogen-bond acceptors (Lipinski definition) is 3. The van der Waals surface area contributed by atoms with E-state index in [0.717, 1.165) is 25.1 Å². The Labute approximate surface area is 132 Å². The van der Waals surface area contributed by atoms with Gasteiger partial charge in [0.2, 0.25) is 0 Å². The van der Waals surface area contributed by atoms with E-state index in [1.54, 1.807) is 24.3 Å². The second-order valence-corrected chi connectivity index (χ2v) is 7.45. The summed E-state index contributed by atoms with van der Waals surface area (Å²) in [4.78, 5) is 0.237. The lowest BCUT2D eigenvalue weighted by atomic mass is 10.0. The summed E-state index contributed by atoms with van der Waals surface area (Å²) in [7, 11) is -3.59. The summed E-state index contributed by atoms with van der Waals surface area (Å²) in [6.07, 6.45) is 0.979. The Morgan fingerprint density at radius 3 is 2.71 bits per heavy atom. The highest BCUT2D eigenvalue weighted by atomic mass is 79.9. The molecule has 6 heteroatoms. The van der Waals surface area contributed by atoms with Crippen LogP contribution >= 0.6 is 15.9 Å². The molecule has 4 nitrogen and oxygen atoms in total. The fraction of sp³-hybridized carbons (Fsp3) is 0.200. The minimum atomic E-state index is -3.59.